The van der Waals surface area contributed by atoms with Crippen LogP contribution in [-0.2, 0) is 12.8 Å². The number of hydrogen-bond donors (Lipinski definition) is 2. The van der Waals surface area contributed by atoms with Gasteiger partial charge in [0.05, 0.1) is 5.69 Å². The minimum Gasteiger partial charge on any atom is -0.506 e. The summed E-state index contributed by atoms with van der Waals surface area (Å²) in [6.45, 7) is 0. The molecule has 0 spiro atoms. The fourth-order valence-electron chi connectivity index (χ4n) is 3.28. The Morgan fingerprint density at radius 2 is 1.81 bits per heavy atom. The lowest BCUT2D eigenvalue weighted by Gasteiger charge is -2.16. The van der Waals surface area contributed by atoms with Gasteiger partial charge in [-0.05, 0) is 61.1 Å². The Morgan fingerprint density at radius 3 is 2.56 bits per heavy atom. The van der Waals surface area contributed by atoms with Gasteiger partial charge in [0, 0.05) is 0 Å². The summed E-state index contributed by atoms with van der Waals surface area (Å²) < 4.78 is 0. The van der Waals surface area contributed by atoms with E-state index >= 15 is 0 Å². The van der Waals surface area contributed by atoms with Crippen molar-refractivity contribution in [1.82, 2.24) is 0 Å². The van der Waals surface area contributed by atoms with E-state index in [0.29, 0.717) is 5.69 Å². The molecule has 0 radical (unpaired) electrons. The molecule has 0 heterocycles. The number of anilines is 1. The maximum Gasteiger partial charge on any atom is 0.138 e. The van der Waals surface area contributed by atoms with Gasteiger partial charge < -0.3 is 10.8 Å². The highest BCUT2D eigenvalue weighted by Gasteiger charge is 2.30. The number of benzene rings is 1. The third kappa shape index (κ3) is 1.75. The van der Waals surface area contributed by atoms with Gasteiger partial charge in [0.1, 0.15) is 5.75 Å². The number of nitrogens with two attached hydrogens (primary N) is 1. The van der Waals surface area contributed by atoms with Crippen LogP contribution in [0.4, 0.5) is 5.69 Å². The summed E-state index contributed by atoms with van der Waals surface area (Å²) in [6, 6.07) is 3.80. The Morgan fingerprint density at radius 1 is 1.12 bits per heavy atom. The zero-order valence-electron chi connectivity index (χ0n) is 9.28. The molecule has 1 fully saturated rings. The van der Waals surface area contributed by atoms with Crippen molar-refractivity contribution in [2.45, 2.75) is 32.1 Å². The van der Waals surface area contributed by atoms with Crippen LogP contribution in [0.2, 0.25) is 0 Å². The Hall–Kier alpha value is -0.890. The second-order valence-electron chi connectivity index (χ2n) is 5.09. The quantitative estimate of drug-likeness (QED) is 0.540. The maximum atomic E-state index is 9.61. The molecule has 1 aromatic carbocycles. The fourth-order valence-corrected chi connectivity index (χ4v) is 3.28. The lowest BCUT2D eigenvalue weighted by Crippen LogP contribution is -2.05. The third-order valence-corrected chi connectivity index (χ3v) is 4.08. The number of rotatable bonds is 0. The van der Waals surface area contributed by atoms with Gasteiger partial charge in [0.25, 0.3) is 0 Å². The lowest BCUT2D eigenvalue weighted by molar-refractivity contribution is 0.476. The van der Waals surface area contributed by atoms with E-state index in [9.17, 15) is 5.11 Å². The summed E-state index contributed by atoms with van der Waals surface area (Å²) >= 11 is 0. The van der Waals surface area contributed by atoms with E-state index < -0.39 is 0 Å². The van der Waals surface area contributed by atoms with E-state index in [4.69, 9.17) is 5.73 Å². The van der Waals surface area contributed by atoms with E-state index in [0.717, 1.165) is 24.7 Å². The Bertz CT molecular complexity index is 405. The van der Waals surface area contributed by atoms with Gasteiger partial charge in [0.2, 0.25) is 0 Å². The number of halogens is 1. The van der Waals surface area contributed by atoms with Gasteiger partial charge in [-0.1, -0.05) is 6.07 Å². The first-order valence-electron chi connectivity index (χ1n) is 5.83. The van der Waals surface area contributed by atoms with Gasteiger partial charge in [-0.3, -0.25) is 0 Å². The van der Waals surface area contributed by atoms with Crippen LogP contribution in [0.1, 0.15) is 30.4 Å². The first kappa shape index (κ1) is 11.6. The highest BCUT2D eigenvalue weighted by Crippen LogP contribution is 2.42. The SMILES string of the molecule is Cl.Nc1c(O)ccc2c1CC1CCC(C2)C1. The molecule has 3 N–H and O–H groups in total. The van der Waals surface area contributed by atoms with Gasteiger partial charge in [0.15, 0.2) is 0 Å². The van der Waals surface area contributed by atoms with Crippen molar-refractivity contribution in [2.24, 2.45) is 11.8 Å². The summed E-state index contributed by atoms with van der Waals surface area (Å²) in [4.78, 5) is 0. The lowest BCUT2D eigenvalue weighted by atomic mass is 9.92. The molecule has 2 aliphatic rings. The van der Waals surface area contributed by atoms with Crippen molar-refractivity contribution in [3.63, 3.8) is 0 Å². The van der Waals surface area contributed by atoms with Crippen molar-refractivity contribution in [3.8, 4) is 5.75 Å². The molecule has 3 heteroatoms. The molecule has 0 aromatic heterocycles. The molecule has 2 unspecified atom stereocenters. The Balaban J connectivity index is 0.000000963. The topological polar surface area (TPSA) is 46.2 Å². The number of hydrogen-bond acceptors (Lipinski definition) is 2. The molecule has 88 valence electrons. The number of phenols is 1. The number of nitrogen functional groups attached to an aromatic ring is 1. The summed E-state index contributed by atoms with van der Waals surface area (Å²) in [6.07, 6.45) is 6.32. The number of phenolic OH excluding ortho intramolecular Hbond substituents is 1. The van der Waals surface area contributed by atoms with Crippen molar-refractivity contribution in [2.75, 3.05) is 5.73 Å². The van der Waals surface area contributed by atoms with Crippen LogP contribution in [0.3, 0.4) is 0 Å². The molecule has 2 atom stereocenters. The van der Waals surface area contributed by atoms with Crippen LogP contribution in [0.5, 0.6) is 5.75 Å². The molecular weight excluding hydrogens is 222 g/mol. The largest absolute Gasteiger partial charge is 0.506 e. The van der Waals surface area contributed by atoms with Crippen molar-refractivity contribution < 1.29 is 5.11 Å². The molecule has 3 rings (SSSR count). The smallest absolute Gasteiger partial charge is 0.138 e. The highest BCUT2D eigenvalue weighted by molar-refractivity contribution is 5.85. The second kappa shape index (κ2) is 4.17. The monoisotopic (exact) mass is 239 g/mol. The van der Waals surface area contributed by atoms with E-state index in [1.54, 1.807) is 6.07 Å². The van der Waals surface area contributed by atoms with E-state index in [1.165, 1.54) is 30.4 Å². The van der Waals surface area contributed by atoms with Crippen molar-refractivity contribution in [3.05, 3.63) is 23.3 Å². The van der Waals surface area contributed by atoms with Crippen LogP contribution in [-0.4, -0.2) is 5.11 Å². The predicted molar refractivity (Wildman–Crippen MR) is 68.0 cm³/mol. The normalized spacial score (nSPS) is 26.8. The zero-order valence-corrected chi connectivity index (χ0v) is 10.1. The average Bonchev–Trinajstić information content (AvgIpc) is 2.54. The van der Waals surface area contributed by atoms with Crippen molar-refractivity contribution in [1.29, 1.82) is 0 Å². The molecule has 0 amide bonds. The molecular formula is C13H18ClNO. The molecule has 0 aliphatic heterocycles. The second-order valence-corrected chi connectivity index (χ2v) is 5.09. The number of aromatic hydroxyl groups is 1. The summed E-state index contributed by atoms with van der Waals surface area (Å²) in [5.74, 6) is 1.92. The van der Waals surface area contributed by atoms with Gasteiger partial charge in [-0.25, -0.2) is 0 Å². The molecule has 1 saturated carbocycles. The minimum atomic E-state index is 0. The highest BCUT2D eigenvalue weighted by atomic mass is 35.5. The first-order valence-corrected chi connectivity index (χ1v) is 5.83. The standard InChI is InChI=1S/C13H17NO.ClH/c14-13-11-7-9-2-1-8(5-9)6-10(11)3-4-12(13)15;/h3-4,8-9,15H,1-2,5-7,14H2;1H. The maximum absolute atomic E-state index is 9.61. The summed E-state index contributed by atoms with van der Waals surface area (Å²) in [5.41, 5.74) is 9.18. The van der Waals surface area contributed by atoms with E-state index in [2.05, 4.69) is 6.07 Å². The van der Waals surface area contributed by atoms with Crippen molar-refractivity contribution >= 4 is 18.1 Å². The van der Waals surface area contributed by atoms with Gasteiger partial charge in [-0.2, -0.15) is 0 Å². The van der Waals surface area contributed by atoms with Crippen LogP contribution in [0, 0.1) is 11.8 Å². The summed E-state index contributed by atoms with van der Waals surface area (Å²) in [5, 5.41) is 9.61. The average molecular weight is 240 g/mol. The Labute approximate surface area is 102 Å². The van der Waals surface area contributed by atoms with Gasteiger partial charge in [-0.15, -0.1) is 12.4 Å². The molecule has 16 heavy (non-hydrogen) atoms. The molecule has 2 nitrogen and oxygen atoms in total. The van der Waals surface area contributed by atoms with Gasteiger partial charge >= 0.3 is 0 Å². The van der Waals surface area contributed by atoms with Crippen LogP contribution in [0.25, 0.3) is 0 Å². The minimum absolute atomic E-state index is 0. The zero-order chi connectivity index (χ0) is 10.4. The first-order chi connectivity index (χ1) is 7.24. The molecule has 2 bridgehead atoms. The van der Waals surface area contributed by atoms with Crippen LogP contribution >= 0.6 is 12.4 Å². The fraction of sp³-hybridized carbons (Fsp3) is 0.538. The van der Waals surface area contributed by atoms with E-state index in [-0.39, 0.29) is 18.2 Å². The summed E-state index contributed by atoms with van der Waals surface area (Å²) in [7, 11) is 0. The Kier molecular flexibility index (Phi) is 3.02. The van der Waals surface area contributed by atoms with Crippen LogP contribution < -0.4 is 5.73 Å². The molecule has 1 aromatic rings. The molecule has 2 aliphatic carbocycles. The van der Waals surface area contributed by atoms with E-state index in [1.807, 2.05) is 0 Å². The number of fused-ring (bicyclic) bond motifs is 3. The predicted octanol–water partition coefficient (Wildman–Crippen LogP) is 2.91. The van der Waals surface area contributed by atoms with Crippen LogP contribution in [0.15, 0.2) is 12.1 Å². The third-order valence-electron chi connectivity index (χ3n) is 4.08. The molecule has 0 saturated heterocycles.